The molecule has 2 aromatic rings. The molecule has 10 heteroatoms. The van der Waals surface area contributed by atoms with Crippen LogP contribution >= 0.6 is 23.2 Å². The predicted octanol–water partition coefficient (Wildman–Crippen LogP) is 4.32. The van der Waals surface area contributed by atoms with Gasteiger partial charge in [0.1, 0.15) is 12.6 Å². The standard InChI is InChI=1S/C24H31Cl2N3O4S/c1-15(2)27-24(31)18(5)28(13-20-21(25)8-7-9-22(20)26)23(30)14-29(34(6,32)33)19-11-16(3)10-17(4)12-19/h7-12,15,18H,13-14H2,1-6H3,(H,27,31)/t18-/m0/s1. The maximum absolute atomic E-state index is 13.6. The van der Waals surface area contributed by atoms with Crippen molar-refractivity contribution in [3.8, 4) is 0 Å². The van der Waals surface area contributed by atoms with Crippen LogP contribution in [0.15, 0.2) is 36.4 Å². The summed E-state index contributed by atoms with van der Waals surface area (Å²) >= 11 is 12.7. The Morgan fingerprint density at radius 1 is 1.00 bits per heavy atom. The second-order valence-electron chi connectivity index (χ2n) is 8.68. The molecule has 0 unspecified atom stereocenters. The monoisotopic (exact) mass is 527 g/mol. The molecular formula is C24H31Cl2N3O4S. The third-order valence-electron chi connectivity index (χ3n) is 5.16. The van der Waals surface area contributed by atoms with E-state index in [1.807, 2.05) is 33.8 Å². The molecule has 0 aliphatic heterocycles. The van der Waals surface area contributed by atoms with Crippen molar-refractivity contribution in [1.29, 1.82) is 0 Å². The fraction of sp³-hybridized carbons (Fsp3) is 0.417. The van der Waals surface area contributed by atoms with Gasteiger partial charge in [0.15, 0.2) is 0 Å². The van der Waals surface area contributed by atoms with Crippen molar-refractivity contribution in [3.05, 3.63) is 63.1 Å². The first kappa shape index (κ1) is 28.0. The Hall–Kier alpha value is -2.29. The van der Waals surface area contributed by atoms with E-state index in [2.05, 4.69) is 5.32 Å². The normalized spacial score (nSPS) is 12.4. The van der Waals surface area contributed by atoms with Crippen LogP contribution in [-0.4, -0.2) is 50.0 Å². The van der Waals surface area contributed by atoms with Gasteiger partial charge < -0.3 is 10.2 Å². The number of nitrogens with zero attached hydrogens (tertiary/aromatic N) is 2. The summed E-state index contributed by atoms with van der Waals surface area (Å²) in [6, 6.07) is 9.24. The second kappa shape index (κ2) is 11.4. The summed E-state index contributed by atoms with van der Waals surface area (Å²) in [5.41, 5.74) is 2.57. The highest BCUT2D eigenvalue weighted by Crippen LogP contribution is 2.27. The van der Waals surface area contributed by atoms with Crippen LogP contribution in [0.2, 0.25) is 10.0 Å². The van der Waals surface area contributed by atoms with Gasteiger partial charge >= 0.3 is 0 Å². The first-order chi connectivity index (χ1) is 15.7. The topological polar surface area (TPSA) is 86.8 Å². The molecule has 0 spiro atoms. The zero-order valence-electron chi connectivity index (χ0n) is 20.2. The van der Waals surface area contributed by atoms with Gasteiger partial charge in [-0.25, -0.2) is 8.42 Å². The highest BCUT2D eigenvalue weighted by atomic mass is 35.5. The summed E-state index contributed by atoms with van der Waals surface area (Å²) in [6.07, 6.45) is 1.04. The maximum atomic E-state index is 13.6. The van der Waals surface area contributed by atoms with Crippen LogP contribution in [0.5, 0.6) is 0 Å². The Labute approximate surface area is 212 Å². The van der Waals surface area contributed by atoms with E-state index in [1.165, 1.54) is 4.90 Å². The molecular weight excluding hydrogens is 497 g/mol. The number of rotatable bonds is 9. The minimum Gasteiger partial charge on any atom is -0.352 e. The molecule has 0 fully saturated rings. The van der Waals surface area contributed by atoms with Crippen molar-refractivity contribution in [3.63, 3.8) is 0 Å². The lowest BCUT2D eigenvalue weighted by atomic mass is 10.1. The van der Waals surface area contributed by atoms with Crippen LogP contribution in [0, 0.1) is 13.8 Å². The van der Waals surface area contributed by atoms with Crippen molar-refractivity contribution >= 4 is 50.7 Å². The molecule has 0 aromatic heterocycles. The molecule has 0 aliphatic rings. The van der Waals surface area contributed by atoms with Crippen molar-refractivity contribution in [2.75, 3.05) is 17.1 Å². The quantitative estimate of drug-likeness (QED) is 0.526. The number of carbonyl (C=O) groups is 2. The van der Waals surface area contributed by atoms with Crippen LogP contribution in [0.25, 0.3) is 0 Å². The number of nitrogens with one attached hydrogen (secondary N) is 1. The number of sulfonamides is 1. The van der Waals surface area contributed by atoms with Crippen LogP contribution in [0.1, 0.15) is 37.5 Å². The highest BCUT2D eigenvalue weighted by molar-refractivity contribution is 7.92. The van der Waals surface area contributed by atoms with E-state index in [9.17, 15) is 18.0 Å². The molecule has 0 heterocycles. The Kier molecular flexibility index (Phi) is 9.39. The summed E-state index contributed by atoms with van der Waals surface area (Å²) in [5.74, 6) is -0.934. The van der Waals surface area contributed by atoms with Gasteiger partial charge in [0.25, 0.3) is 0 Å². The summed E-state index contributed by atoms with van der Waals surface area (Å²) in [6.45, 7) is 8.37. The minimum absolute atomic E-state index is 0.0610. The molecule has 2 rings (SSSR count). The fourth-order valence-corrected chi connectivity index (χ4v) is 4.90. The largest absolute Gasteiger partial charge is 0.352 e. The van der Waals surface area contributed by atoms with E-state index in [4.69, 9.17) is 23.2 Å². The minimum atomic E-state index is -3.80. The molecule has 2 amide bonds. The van der Waals surface area contributed by atoms with Gasteiger partial charge in [0.05, 0.1) is 11.9 Å². The molecule has 186 valence electrons. The van der Waals surface area contributed by atoms with Crippen molar-refractivity contribution < 1.29 is 18.0 Å². The Morgan fingerprint density at radius 3 is 2.00 bits per heavy atom. The number of amides is 2. The number of benzene rings is 2. The molecule has 0 saturated heterocycles. The molecule has 34 heavy (non-hydrogen) atoms. The van der Waals surface area contributed by atoms with E-state index in [1.54, 1.807) is 37.3 Å². The molecule has 2 aromatic carbocycles. The highest BCUT2D eigenvalue weighted by Gasteiger charge is 2.31. The number of aryl methyl sites for hydroxylation is 2. The Morgan fingerprint density at radius 2 is 1.53 bits per heavy atom. The molecule has 0 saturated carbocycles. The van der Waals surface area contributed by atoms with Gasteiger partial charge in [-0.05, 0) is 70.0 Å². The maximum Gasteiger partial charge on any atom is 0.244 e. The predicted molar refractivity (Wildman–Crippen MR) is 138 cm³/mol. The van der Waals surface area contributed by atoms with Gasteiger partial charge in [0, 0.05) is 28.2 Å². The first-order valence-electron chi connectivity index (χ1n) is 10.8. The number of hydrogen-bond acceptors (Lipinski definition) is 4. The number of hydrogen-bond donors (Lipinski definition) is 1. The Bertz CT molecular complexity index is 1130. The lowest BCUT2D eigenvalue weighted by Crippen LogP contribution is -2.52. The fourth-order valence-electron chi connectivity index (χ4n) is 3.55. The van der Waals surface area contributed by atoms with Crippen molar-refractivity contribution in [2.24, 2.45) is 0 Å². The summed E-state index contributed by atoms with van der Waals surface area (Å²) in [5, 5.41) is 3.48. The van der Waals surface area contributed by atoms with Gasteiger partial charge in [-0.3, -0.25) is 13.9 Å². The zero-order chi connectivity index (χ0) is 25.8. The van der Waals surface area contributed by atoms with Gasteiger partial charge in [-0.2, -0.15) is 0 Å². The molecule has 7 nitrogen and oxygen atoms in total. The SMILES string of the molecule is Cc1cc(C)cc(N(CC(=O)N(Cc2c(Cl)cccc2Cl)[C@@H](C)C(=O)NC(C)C)S(C)(=O)=O)c1. The van der Waals surface area contributed by atoms with E-state index >= 15 is 0 Å². The molecule has 1 N–H and O–H groups in total. The van der Waals surface area contributed by atoms with Crippen LogP contribution in [-0.2, 0) is 26.2 Å². The zero-order valence-corrected chi connectivity index (χ0v) is 22.6. The summed E-state index contributed by atoms with van der Waals surface area (Å²) in [4.78, 5) is 27.7. The lowest BCUT2D eigenvalue weighted by molar-refractivity contribution is -0.139. The smallest absolute Gasteiger partial charge is 0.244 e. The Balaban J connectivity index is 2.48. The van der Waals surface area contributed by atoms with Gasteiger partial charge in [-0.15, -0.1) is 0 Å². The molecule has 1 atom stereocenters. The van der Waals surface area contributed by atoms with Crippen LogP contribution in [0.4, 0.5) is 5.69 Å². The van der Waals surface area contributed by atoms with Crippen molar-refractivity contribution in [1.82, 2.24) is 10.2 Å². The molecule has 0 radical (unpaired) electrons. The third kappa shape index (κ3) is 7.35. The van der Waals surface area contributed by atoms with Crippen LogP contribution in [0.3, 0.4) is 0 Å². The average molecular weight is 529 g/mol. The van der Waals surface area contributed by atoms with Crippen LogP contribution < -0.4 is 9.62 Å². The van der Waals surface area contributed by atoms with Crippen molar-refractivity contribution in [2.45, 2.75) is 53.2 Å². The lowest BCUT2D eigenvalue weighted by Gasteiger charge is -2.32. The van der Waals surface area contributed by atoms with E-state index in [-0.39, 0.29) is 18.5 Å². The molecule has 0 aliphatic carbocycles. The number of anilines is 1. The summed E-state index contributed by atoms with van der Waals surface area (Å²) < 4.78 is 26.4. The number of carbonyl (C=O) groups excluding carboxylic acids is 2. The van der Waals surface area contributed by atoms with E-state index < -0.39 is 28.5 Å². The van der Waals surface area contributed by atoms with E-state index in [0.717, 1.165) is 21.7 Å². The van der Waals surface area contributed by atoms with E-state index in [0.29, 0.717) is 21.3 Å². The van der Waals surface area contributed by atoms with Gasteiger partial charge in [0.2, 0.25) is 21.8 Å². The first-order valence-corrected chi connectivity index (χ1v) is 13.4. The average Bonchev–Trinajstić information content (AvgIpc) is 2.69. The number of halogens is 2. The summed E-state index contributed by atoms with van der Waals surface area (Å²) in [7, 11) is -3.80. The third-order valence-corrected chi connectivity index (χ3v) is 7.01. The molecule has 0 bridgehead atoms. The second-order valence-corrected chi connectivity index (χ2v) is 11.4. The van der Waals surface area contributed by atoms with Gasteiger partial charge in [-0.1, -0.05) is 35.3 Å².